The second kappa shape index (κ2) is 6.40. The number of benzene rings is 1. The molecule has 1 unspecified atom stereocenters. The van der Waals surface area contributed by atoms with Crippen molar-refractivity contribution in [3.63, 3.8) is 0 Å². The number of hydrogen-bond donors (Lipinski definition) is 2. The maximum atomic E-state index is 12.5. The van der Waals surface area contributed by atoms with E-state index in [1.807, 2.05) is 18.2 Å². The molecule has 1 aromatic rings. The maximum Gasteiger partial charge on any atom is 0.226 e. The van der Waals surface area contributed by atoms with Gasteiger partial charge in [0.2, 0.25) is 5.91 Å². The molecule has 1 aliphatic rings. The summed E-state index contributed by atoms with van der Waals surface area (Å²) in [5.74, 6) is 0.507. The zero-order valence-electron chi connectivity index (χ0n) is 12.4. The molecule has 0 saturated heterocycles. The largest absolute Gasteiger partial charge is 0.396 e. The van der Waals surface area contributed by atoms with E-state index in [0.29, 0.717) is 12.3 Å². The fourth-order valence-electron chi connectivity index (χ4n) is 2.65. The van der Waals surface area contributed by atoms with Gasteiger partial charge in [0, 0.05) is 12.6 Å². The molecule has 1 aromatic carbocycles. The van der Waals surface area contributed by atoms with E-state index < -0.39 is 0 Å². The Labute approximate surface area is 121 Å². The van der Waals surface area contributed by atoms with Gasteiger partial charge in [-0.1, -0.05) is 44.2 Å². The molecular weight excluding hydrogens is 250 g/mol. The van der Waals surface area contributed by atoms with Gasteiger partial charge in [-0.3, -0.25) is 4.79 Å². The number of hydrogen-bond acceptors (Lipinski definition) is 2. The first kappa shape index (κ1) is 15.0. The van der Waals surface area contributed by atoms with Crippen molar-refractivity contribution in [3.8, 4) is 0 Å². The van der Waals surface area contributed by atoms with Gasteiger partial charge in [0.05, 0.1) is 5.41 Å². The van der Waals surface area contributed by atoms with E-state index in [9.17, 15) is 4.79 Å². The molecular formula is C17H25NO2. The van der Waals surface area contributed by atoms with Crippen LogP contribution in [-0.4, -0.2) is 23.7 Å². The van der Waals surface area contributed by atoms with Crippen molar-refractivity contribution in [2.45, 2.75) is 45.6 Å². The molecule has 2 N–H and O–H groups in total. The lowest BCUT2D eigenvalue weighted by Gasteiger charge is -2.25. The lowest BCUT2D eigenvalue weighted by Crippen LogP contribution is -2.43. The molecule has 3 heteroatoms. The summed E-state index contributed by atoms with van der Waals surface area (Å²) in [5, 5.41) is 12.2. The molecule has 110 valence electrons. The zero-order chi connectivity index (χ0) is 14.6. The topological polar surface area (TPSA) is 49.3 Å². The number of nitrogens with one attached hydrogen (secondary N) is 1. The predicted molar refractivity (Wildman–Crippen MR) is 80.3 cm³/mol. The molecule has 0 bridgehead atoms. The van der Waals surface area contributed by atoms with Crippen LogP contribution in [0.1, 0.15) is 38.7 Å². The number of aliphatic hydroxyl groups is 1. The van der Waals surface area contributed by atoms with Gasteiger partial charge >= 0.3 is 0 Å². The standard InChI is InChI=1S/C17H25NO2/c1-13(2)15(8-11-19)18-16(20)17(9-10-17)12-14-6-4-3-5-7-14/h3-7,13,15,19H,8-12H2,1-2H3,(H,18,20). The van der Waals surface area contributed by atoms with Crippen molar-refractivity contribution in [3.05, 3.63) is 35.9 Å². The highest BCUT2D eigenvalue weighted by Gasteiger charge is 2.49. The van der Waals surface area contributed by atoms with Crippen molar-refractivity contribution in [1.82, 2.24) is 5.32 Å². The van der Waals surface area contributed by atoms with Crippen molar-refractivity contribution < 1.29 is 9.90 Å². The smallest absolute Gasteiger partial charge is 0.226 e. The van der Waals surface area contributed by atoms with Crippen LogP contribution in [0.5, 0.6) is 0 Å². The quantitative estimate of drug-likeness (QED) is 0.803. The Bertz CT molecular complexity index is 438. The highest BCUT2D eigenvalue weighted by Crippen LogP contribution is 2.48. The summed E-state index contributed by atoms with van der Waals surface area (Å²) in [5.41, 5.74) is 1.02. The first-order valence-electron chi connectivity index (χ1n) is 7.53. The van der Waals surface area contributed by atoms with E-state index in [4.69, 9.17) is 5.11 Å². The molecule has 0 aromatic heterocycles. The van der Waals surface area contributed by atoms with E-state index in [0.717, 1.165) is 19.3 Å². The van der Waals surface area contributed by atoms with E-state index >= 15 is 0 Å². The lowest BCUT2D eigenvalue weighted by atomic mass is 9.93. The molecule has 3 nitrogen and oxygen atoms in total. The average Bonchev–Trinajstić information content (AvgIpc) is 3.20. The molecule has 0 spiro atoms. The van der Waals surface area contributed by atoms with Crippen molar-refractivity contribution in [2.75, 3.05) is 6.61 Å². The second-order valence-corrected chi connectivity index (χ2v) is 6.28. The molecule has 1 aliphatic carbocycles. The van der Waals surface area contributed by atoms with E-state index in [1.54, 1.807) is 0 Å². The third kappa shape index (κ3) is 3.60. The Morgan fingerprint density at radius 2 is 1.95 bits per heavy atom. The summed E-state index contributed by atoms with van der Waals surface area (Å²) in [6.45, 7) is 4.28. The fourth-order valence-corrected chi connectivity index (χ4v) is 2.65. The highest BCUT2D eigenvalue weighted by atomic mass is 16.3. The average molecular weight is 275 g/mol. The first-order valence-corrected chi connectivity index (χ1v) is 7.53. The first-order chi connectivity index (χ1) is 9.57. The van der Waals surface area contributed by atoms with E-state index in [-0.39, 0.29) is 24.0 Å². The van der Waals surface area contributed by atoms with Gasteiger partial charge in [-0.25, -0.2) is 0 Å². The highest BCUT2D eigenvalue weighted by molar-refractivity contribution is 5.85. The summed E-state index contributed by atoms with van der Waals surface area (Å²) in [6, 6.07) is 10.3. The van der Waals surface area contributed by atoms with Gasteiger partial charge in [-0.05, 0) is 37.2 Å². The van der Waals surface area contributed by atoms with Crippen LogP contribution in [0.4, 0.5) is 0 Å². The van der Waals surface area contributed by atoms with Crippen LogP contribution >= 0.6 is 0 Å². The monoisotopic (exact) mass is 275 g/mol. The molecule has 0 aliphatic heterocycles. The van der Waals surface area contributed by atoms with Crippen LogP contribution in [-0.2, 0) is 11.2 Å². The molecule has 0 radical (unpaired) electrons. The Kier molecular flexibility index (Phi) is 4.81. The Balaban J connectivity index is 1.97. The van der Waals surface area contributed by atoms with Gasteiger partial charge in [0.1, 0.15) is 0 Å². The van der Waals surface area contributed by atoms with Crippen LogP contribution < -0.4 is 5.32 Å². The fraction of sp³-hybridized carbons (Fsp3) is 0.588. The normalized spacial score (nSPS) is 17.8. The summed E-state index contributed by atoms with van der Waals surface area (Å²) in [7, 11) is 0. The van der Waals surface area contributed by atoms with Gasteiger partial charge in [0.25, 0.3) is 0 Å². The molecule has 1 amide bonds. The van der Waals surface area contributed by atoms with Crippen molar-refractivity contribution in [2.24, 2.45) is 11.3 Å². The Hall–Kier alpha value is -1.35. The summed E-state index contributed by atoms with van der Waals surface area (Å²) in [4.78, 5) is 12.5. The summed E-state index contributed by atoms with van der Waals surface area (Å²) >= 11 is 0. The SMILES string of the molecule is CC(C)C(CCO)NC(=O)C1(Cc2ccccc2)CC1. The number of carbonyl (C=O) groups excluding carboxylic acids is 1. The molecule has 1 fully saturated rings. The third-order valence-corrected chi connectivity index (χ3v) is 4.28. The van der Waals surface area contributed by atoms with Crippen LogP contribution in [0.2, 0.25) is 0 Å². The van der Waals surface area contributed by atoms with Crippen LogP contribution in [0.3, 0.4) is 0 Å². The van der Waals surface area contributed by atoms with Crippen molar-refractivity contribution in [1.29, 1.82) is 0 Å². The molecule has 0 heterocycles. The van der Waals surface area contributed by atoms with Gasteiger partial charge in [-0.15, -0.1) is 0 Å². The molecule has 1 atom stereocenters. The molecule has 2 rings (SSSR count). The number of amides is 1. The second-order valence-electron chi connectivity index (χ2n) is 6.28. The molecule has 1 saturated carbocycles. The van der Waals surface area contributed by atoms with Gasteiger partial charge in [-0.2, -0.15) is 0 Å². The Morgan fingerprint density at radius 1 is 1.30 bits per heavy atom. The number of rotatable bonds is 7. The Morgan fingerprint density at radius 3 is 2.45 bits per heavy atom. The minimum absolute atomic E-state index is 0.0701. The summed E-state index contributed by atoms with van der Waals surface area (Å²) < 4.78 is 0. The number of carbonyl (C=O) groups is 1. The van der Waals surface area contributed by atoms with E-state index in [1.165, 1.54) is 5.56 Å². The molecule has 20 heavy (non-hydrogen) atoms. The predicted octanol–water partition coefficient (Wildman–Crippen LogP) is 2.53. The van der Waals surface area contributed by atoms with E-state index in [2.05, 4.69) is 31.3 Å². The van der Waals surface area contributed by atoms with Gasteiger partial charge < -0.3 is 10.4 Å². The lowest BCUT2D eigenvalue weighted by molar-refractivity contribution is -0.127. The summed E-state index contributed by atoms with van der Waals surface area (Å²) in [6.07, 6.45) is 3.39. The number of aliphatic hydroxyl groups excluding tert-OH is 1. The van der Waals surface area contributed by atoms with Crippen LogP contribution in [0, 0.1) is 11.3 Å². The third-order valence-electron chi connectivity index (χ3n) is 4.28. The minimum atomic E-state index is -0.204. The zero-order valence-corrected chi connectivity index (χ0v) is 12.4. The maximum absolute atomic E-state index is 12.5. The van der Waals surface area contributed by atoms with Crippen molar-refractivity contribution >= 4 is 5.91 Å². The van der Waals surface area contributed by atoms with Crippen LogP contribution in [0.15, 0.2) is 30.3 Å². The van der Waals surface area contributed by atoms with Crippen LogP contribution in [0.25, 0.3) is 0 Å². The minimum Gasteiger partial charge on any atom is -0.396 e. The van der Waals surface area contributed by atoms with Gasteiger partial charge in [0.15, 0.2) is 0 Å².